The Kier molecular flexibility index (Phi) is 4.82. The fraction of sp³-hybridized carbons (Fsp3) is 0.235. The van der Waals surface area contributed by atoms with Crippen molar-refractivity contribution in [3.63, 3.8) is 0 Å². The normalized spacial score (nSPS) is 12.4. The van der Waals surface area contributed by atoms with Crippen LogP contribution >= 0.6 is 11.8 Å². The van der Waals surface area contributed by atoms with Gasteiger partial charge < -0.3 is 9.84 Å². The lowest BCUT2D eigenvalue weighted by Gasteiger charge is -2.15. The fourth-order valence-corrected chi connectivity index (χ4v) is 3.17. The molecule has 0 radical (unpaired) electrons. The number of hydrogen-bond donors (Lipinski definition) is 1. The van der Waals surface area contributed by atoms with E-state index in [0.717, 1.165) is 28.2 Å². The predicted octanol–water partition coefficient (Wildman–Crippen LogP) is 3.30. The Morgan fingerprint density at radius 1 is 1.25 bits per heavy atom. The van der Waals surface area contributed by atoms with Gasteiger partial charge in [-0.15, -0.1) is 10.2 Å². The van der Waals surface area contributed by atoms with Crippen molar-refractivity contribution in [3.05, 3.63) is 48.3 Å². The third-order valence-corrected chi connectivity index (χ3v) is 4.62. The summed E-state index contributed by atoms with van der Waals surface area (Å²) < 4.78 is 7.28. The first kappa shape index (κ1) is 16.5. The van der Waals surface area contributed by atoms with E-state index < -0.39 is 5.97 Å². The van der Waals surface area contributed by atoms with Crippen molar-refractivity contribution >= 4 is 28.5 Å². The standard InChI is InChI=1S/C17H17N3O3S/c1-11(23-2)16-18-19-17(24-10-15(21)22)20(16)14-9-5-7-12-6-3-4-8-13(12)14/h3-9,11H,10H2,1-2H3,(H,21,22)/t11-/m1/s1. The third kappa shape index (κ3) is 3.13. The number of nitrogens with zero attached hydrogens (tertiary/aromatic N) is 3. The van der Waals surface area contributed by atoms with Gasteiger partial charge in [0.2, 0.25) is 0 Å². The molecule has 0 saturated carbocycles. The van der Waals surface area contributed by atoms with Gasteiger partial charge in [-0.05, 0) is 18.4 Å². The second kappa shape index (κ2) is 7.02. The highest BCUT2D eigenvalue weighted by Crippen LogP contribution is 2.30. The van der Waals surface area contributed by atoms with Crippen molar-refractivity contribution in [1.82, 2.24) is 14.8 Å². The average molecular weight is 343 g/mol. The van der Waals surface area contributed by atoms with Gasteiger partial charge in [-0.25, -0.2) is 0 Å². The molecule has 0 aliphatic carbocycles. The van der Waals surface area contributed by atoms with Gasteiger partial charge in [-0.3, -0.25) is 9.36 Å². The molecular weight excluding hydrogens is 326 g/mol. The monoisotopic (exact) mass is 343 g/mol. The molecule has 1 heterocycles. The van der Waals surface area contributed by atoms with E-state index in [9.17, 15) is 4.79 Å². The van der Waals surface area contributed by atoms with E-state index in [-0.39, 0.29) is 11.9 Å². The van der Waals surface area contributed by atoms with Crippen LogP contribution in [0, 0.1) is 0 Å². The lowest BCUT2D eigenvalue weighted by Crippen LogP contribution is -2.09. The summed E-state index contributed by atoms with van der Waals surface area (Å²) in [5.41, 5.74) is 0.907. The maximum atomic E-state index is 10.9. The number of methoxy groups -OCH3 is 1. The zero-order chi connectivity index (χ0) is 17.1. The lowest BCUT2D eigenvalue weighted by atomic mass is 10.1. The van der Waals surface area contributed by atoms with Crippen molar-refractivity contribution in [3.8, 4) is 5.69 Å². The Balaban J connectivity index is 2.19. The molecular formula is C17H17N3O3S. The van der Waals surface area contributed by atoms with Gasteiger partial charge in [0.25, 0.3) is 0 Å². The minimum atomic E-state index is -0.895. The number of rotatable bonds is 6. The number of aliphatic carboxylic acids is 1. The Labute approximate surface area is 143 Å². The van der Waals surface area contributed by atoms with Crippen LogP contribution in [0.4, 0.5) is 0 Å². The number of carboxylic acid groups (broad SMARTS) is 1. The van der Waals surface area contributed by atoms with Crippen LogP contribution in [0.2, 0.25) is 0 Å². The Hall–Kier alpha value is -2.38. The molecule has 0 fully saturated rings. The largest absolute Gasteiger partial charge is 0.481 e. The maximum Gasteiger partial charge on any atom is 0.313 e. The Bertz CT molecular complexity index is 873. The smallest absolute Gasteiger partial charge is 0.313 e. The molecule has 0 aliphatic rings. The molecule has 0 spiro atoms. The van der Waals surface area contributed by atoms with Gasteiger partial charge in [0.15, 0.2) is 11.0 Å². The average Bonchev–Trinajstić information content (AvgIpc) is 3.02. The number of aromatic nitrogens is 3. The highest BCUT2D eigenvalue weighted by atomic mass is 32.2. The van der Waals surface area contributed by atoms with Crippen LogP contribution in [0.5, 0.6) is 0 Å². The van der Waals surface area contributed by atoms with Crippen LogP contribution in [0.1, 0.15) is 18.9 Å². The minimum absolute atomic E-state index is 0.0791. The zero-order valence-electron chi connectivity index (χ0n) is 13.3. The van der Waals surface area contributed by atoms with E-state index in [0.29, 0.717) is 11.0 Å². The Morgan fingerprint density at radius 2 is 2.00 bits per heavy atom. The van der Waals surface area contributed by atoms with Crippen LogP contribution in [0.3, 0.4) is 0 Å². The highest BCUT2D eigenvalue weighted by molar-refractivity contribution is 7.99. The molecule has 0 bridgehead atoms. The summed E-state index contributed by atoms with van der Waals surface area (Å²) >= 11 is 1.14. The van der Waals surface area contributed by atoms with Crippen molar-refractivity contribution < 1.29 is 14.6 Å². The molecule has 0 aliphatic heterocycles. The van der Waals surface area contributed by atoms with E-state index in [1.54, 1.807) is 7.11 Å². The summed E-state index contributed by atoms with van der Waals surface area (Å²) in [4.78, 5) is 10.9. The first-order valence-corrected chi connectivity index (χ1v) is 8.41. The molecule has 0 saturated heterocycles. The van der Waals surface area contributed by atoms with Crippen LogP contribution in [-0.2, 0) is 9.53 Å². The molecule has 3 aromatic rings. The van der Waals surface area contributed by atoms with Gasteiger partial charge in [0.1, 0.15) is 6.10 Å². The first-order chi connectivity index (χ1) is 11.6. The predicted molar refractivity (Wildman–Crippen MR) is 92.6 cm³/mol. The van der Waals surface area contributed by atoms with Crippen LogP contribution in [-0.4, -0.2) is 38.7 Å². The summed E-state index contributed by atoms with van der Waals surface area (Å²) in [5, 5.41) is 20.0. The molecule has 1 aromatic heterocycles. The van der Waals surface area contributed by atoms with Gasteiger partial charge in [0, 0.05) is 12.5 Å². The van der Waals surface area contributed by atoms with Crippen molar-refractivity contribution in [2.45, 2.75) is 18.2 Å². The number of carbonyl (C=O) groups is 1. The number of ether oxygens (including phenoxy) is 1. The third-order valence-electron chi connectivity index (χ3n) is 3.71. The molecule has 24 heavy (non-hydrogen) atoms. The van der Waals surface area contributed by atoms with Crippen LogP contribution < -0.4 is 0 Å². The SMILES string of the molecule is CO[C@H](C)c1nnc(SCC(=O)O)n1-c1cccc2ccccc12. The van der Waals surface area contributed by atoms with E-state index in [4.69, 9.17) is 9.84 Å². The van der Waals surface area contributed by atoms with Crippen molar-refractivity contribution in [2.24, 2.45) is 0 Å². The minimum Gasteiger partial charge on any atom is -0.481 e. The molecule has 1 atom stereocenters. The van der Waals surface area contributed by atoms with Gasteiger partial charge in [0.05, 0.1) is 11.4 Å². The second-order valence-corrected chi connectivity index (χ2v) is 6.18. The number of benzene rings is 2. The summed E-state index contributed by atoms with van der Waals surface area (Å²) in [6, 6.07) is 14.0. The van der Waals surface area contributed by atoms with E-state index >= 15 is 0 Å². The van der Waals surface area contributed by atoms with Crippen LogP contribution in [0.25, 0.3) is 16.5 Å². The van der Waals surface area contributed by atoms with Crippen molar-refractivity contribution in [2.75, 3.05) is 12.9 Å². The number of carboxylic acids is 1. The molecule has 3 rings (SSSR count). The number of fused-ring (bicyclic) bond motifs is 1. The second-order valence-electron chi connectivity index (χ2n) is 5.23. The summed E-state index contributed by atoms with van der Waals surface area (Å²) in [6.45, 7) is 1.89. The maximum absolute atomic E-state index is 10.9. The number of hydrogen-bond acceptors (Lipinski definition) is 5. The quantitative estimate of drug-likeness (QED) is 0.692. The molecule has 2 aromatic carbocycles. The van der Waals surface area contributed by atoms with E-state index in [1.165, 1.54) is 0 Å². The van der Waals surface area contributed by atoms with Gasteiger partial charge >= 0.3 is 5.97 Å². The highest BCUT2D eigenvalue weighted by Gasteiger charge is 2.21. The van der Waals surface area contributed by atoms with Gasteiger partial charge in [-0.1, -0.05) is 48.2 Å². The van der Waals surface area contributed by atoms with Crippen molar-refractivity contribution in [1.29, 1.82) is 0 Å². The van der Waals surface area contributed by atoms with Crippen LogP contribution in [0.15, 0.2) is 47.6 Å². The fourth-order valence-electron chi connectivity index (χ4n) is 2.50. The summed E-state index contributed by atoms with van der Waals surface area (Å²) in [5.74, 6) is -0.333. The zero-order valence-corrected chi connectivity index (χ0v) is 14.2. The molecule has 1 N–H and O–H groups in total. The number of thioether (sulfide) groups is 1. The molecule has 6 nitrogen and oxygen atoms in total. The molecule has 0 amide bonds. The van der Waals surface area contributed by atoms with E-state index in [1.807, 2.05) is 54.0 Å². The molecule has 124 valence electrons. The lowest BCUT2D eigenvalue weighted by molar-refractivity contribution is -0.133. The first-order valence-electron chi connectivity index (χ1n) is 7.42. The summed E-state index contributed by atoms with van der Waals surface area (Å²) in [6.07, 6.45) is -0.268. The van der Waals surface area contributed by atoms with E-state index in [2.05, 4.69) is 10.2 Å². The summed E-state index contributed by atoms with van der Waals surface area (Å²) in [7, 11) is 1.61. The molecule has 0 unspecified atom stereocenters. The topological polar surface area (TPSA) is 77.2 Å². The molecule has 7 heteroatoms. The Morgan fingerprint density at radius 3 is 2.75 bits per heavy atom. The van der Waals surface area contributed by atoms with Gasteiger partial charge in [-0.2, -0.15) is 0 Å².